The van der Waals surface area contributed by atoms with E-state index in [-0.39, 0.29) is 12.4 Å². The van der Waals surface area contributed by atoms with Gasteiger partial charge in [0.2, 0.25) is 0 Å². The maximum atomic E-state index is 5.93. The van der Waals surface area contributed by atoms with Gasteiger partial charge in [0.25, 0.3) is 0 Å². The van der Waals surface area contributed by atoms with Gasteiger partial charge in [-0.25, -0.2) is 0 Å². The fraction of sp³-hybridized carbons (Fsp3) is 0.714. The van der Waals surface area contributed by atoms with Crippen molar-refractivity contribution >= 4 is 6.08 Å². The Labute approximate surface area is 191 Å². The van der Waals surface area contributed by atoms with E-state index in [0.717, 1.165) is 18.6 Å². The van der Waals surface area contributed by atoms with E-state index >= 15 is 0 Å². The van der Waals surface area contributed by atoms with Gasteiger partial charge in [-0.05, 0) is 18.1 Å². The molecule has 31 heavy (non-hydrogen) atoms. The molecule has 1 heterocycles. The van der Waals surface area contributed by atoms with Crippen LogP contribution in [0.3, 0.4) is 0 Å². The second-order valence-corrected chi connectivity index (χ2v) is 8.89. The van der Waals surface area contributed by atoms with Gasteiger partial charge >= 0.3 is 0 Å². The predicted molar refractivity (Wildman–Crippen MR) is 131 cm³/mol. The summed E-state index contributed by atoms with van der Waals surface area (Å²) in [5, 5.41) is 0. The third-order valence-electron chi connectivity index (χ3n) is 5.99. The van der Waals surface area contributed by atoms with E-state index in [1.807, 2.05) is 30.4 Å². The van der Waals surface area contributed by atoms with Crippen LogP contribution in [-0.2, 0) is 14.2 Å². The summed E-state index contributed by atoms with van der Waals surface area (Å²) < 4.78 is 17.4. The van der Waals surface area contributed by atoms with Crippen molar-refractivity contribution in [1.29, 1.82) is 0 Å². The molecule has 1 aromatic carbocycles. The van der Waals surface area contributed by atoms with Crippen LogP contribution in [0.2, 0.25) is 0 Å². The van der Waals surface area contributed by atoms with E-state index in [4.69, 9.17) is 14.2 Å². The Balaban J connectivity index is 1.33. The summed E-state index contributed by atoms with van der Waals surface area (Å²) in [5.41, 5.74) is 1.16. The monoisotopic (exact) mass is 430 g/mol. The van der Waals surface area contributed by atoms with Gasteiger partial charge in [0.05, 0.1) is 13.2 Å². The maximum Gasteiger partial charge on any atom is 0.177 e. The molecule has 0 aromatic heterocycles. The Bertz CT molecular complexity index is 534. The minimum absolute atomic E-state index is 0.0725. The molecule has 0 amide bonds. The van der Waals surface area contributed by atoms with Crippen molar-refractivity contribution in [3.8, 4) is 0 Å². The molecule has 0 aliphatic carbocycles. The fourth-order valence-corrected chi connectivity index (χ4v) is 4.01. The fourth-order valence-electron chi connectivity index (χ4n) is 4.01. The molecule has 2 rings (SSSR count). The summed E-state index contributed by atoms with van der Waals surface area (Å²) in [7, 11) is 0. The predicted octanol–water partition coefficient (Wildman–Crippen LogP) is 7.94. The van der Waals surface area contributed by atoms with Crippen LogP contribution in [0.4, 0.5) is 0 Å². The zero-order valence-corrected chi connectivity index (χ0v) is 19.9. The first kappa shape index (κ1) is 26.1. The molecule has 1 aliphatic rings. The lowest BCUT2D eigenvalue weighted by Crippen LogP contribution is -2.36. The highest BCUT2D eigenvalue weighted by molar-refractivity contribution is 5.48. The van der Waals surface area contributed by atoms with Gasteiger partial charge in [0.15, 0.2) is 6.29 Å². The lowest BCUT2D eigenvalue weighted by molar-refractivity contribution is -0.204. The lowest BCUT2D eigenvalue weighted by Gasteiger charge is -2.27. The Morgan fingerprint density at radius 2 is 1.26 bits per heavy atom. The zero-order valence-electron chi connectivity index (χ0n) is 19.9. The Morgan fingerprint density at radius 3 is 1.81 bits per heavy atom. The standard InChI is InChI=1S/C28H46O3/c1-2-3-4-5-6-7-8-9-10-11-12-13-14-18-23-29-27-24-30-28(31-25-27)22-21-26-19-16-15-17-20-26/h15-17,19-22,27-28H,2-14,18,23-25H2,1H3/b22-21+. The van der Waals surface area contributed by atoms with Crippen LogP contribution in [0.5, 0.6) is 0 Å². The summed E-state index contributed by atoms with van der Waals surface area (Å²) in [5.74, 6) is 0. The molecule has 1 saturated heterocycles. The van der Waals surface area contributed by atoms with Gasteiger partial charge < -0.3 is 14.2 Å². The molecule has 3 heteroatoms. The first-order valence-corrected chi connectivity index (χ1v) is 13.0. The van der Waals surface area contributed by atoms with Crippen LogP contribution in [0.25, 0.3) is 6.08 Å². The van der Waals surface area contributed by atoms with Crippen molar-refractivity contribution in [3.05, 3.63) is 42.0 Å². The summed E-state index contributed by atoms with van der Waals surface area (Å²) in [6.07, 6.45) is 23.2. The molecule has 1 fully saturated rings. The first-order chi connectivity index (χ1) is 15.4. The third kappa shape index (κ3) is 13.8. The number of ether oxygens (including phenoxy) is 3. The summed E-state index contributed by atoms with van der Waals surface area (Å²) in [4.78, 5) is 0. The zero-order chi connectivity index (χ0) is 21.8. The Hall–Kier alpha value is -1.16. The van der Waals surface area contributed by atoms with Crippen LogP contribution in [0.15, 0.2) is 36.4 Å². The van der Waals surface area contributed by atoms with Gasteiger partial charge in [-0.1, -0.05) is 127 Å². The highest BCUT2D eigenvalue weighted by Gasteiger charge is 2.20. The van der Waals surface area contributed by atoms with E-state index in [1.165, 1.54) is 83.5 Å². The van der Waals surface area contributed by atoms with E-state index in [9.17, 15) is 0 Å². The SMILES string of the molecule is CCCCCCCCCCCCCCCCOC1COC(/C=C/c2ccccc2)OC1. The van der Waals surface area contributed by atoms with Crippen LogP contribution < -0.4 is 0 Å². The molecule has 1 aliphatic heterocycles. The molecule has 1 aromatic rings. The van der Waals surface area contributed by atoms with E-state index in [1.54, 1.807) is 0 Å². The number of unbranched alkanes of at least 4 members (excludes halogenated alkanes) is 13. The van der Waals surface area contributed by atoms with Crippen LogP contribution in [0.1, 0.15) is 102 Å². The van der Waals surface area contributed by atoms with Gasteiger partial charge in [-0.2, -0.15) is 0 Å². The Kier molecular flexibility index (Phi) is 15.5. The van der Waals surface area contributed by atoms with Crippen molar-refractivity contribution in [2.75, 3.05) is 19.8 Å². The molecule has 0 bridgehead atoms. The molecular formula is C28H46O3. The molecule has 0 spiro atoms. The maximum absolute atomic E-state index is 5.93. The van der Waals surface area contributed by atoms with Gasteiger partial charge in [-0.15, -0.1) is 0 Å². The van der Waals surface area contributed by atoms with Crippen molar-refractivity contribution in [3.63, 3.8) is 0 Å². The molecular weight excluding hydrogens is 384 g/mol. The number of hydrogen-bond donors (Lipinski definition) is 0. The minimum Gasteiger partial charge on any atom is -0.373 e. The van der Waals surface area contributed by atoms with Gasteiger partial charge in [0, 0.05) is 6.61 Å². The smallest absolute Gasteiger partial charge is 0.177 e. The lowest BCUT2D eigenvalue weighted by atomic mass is 10.0. The van der Waals surface area contributed by atoms with Crippen molar-refractivity contribution < 1.29 is 14.2 Å². The number of benzene rings is 1. The van der Waals surface area contributed by atoms with Crippen molar-refractivity contribution in [2.24, 2.45) is 0 Å². The summed E-state index contributed by atoms with van der Waals surface area (Å²) in [6, 6.07) is 10.2. The second-order valence-electron chi connectivity index (χ2n) is 8.89. The minimum atomic E-state index is -0.263. The number of rotatable bonds is 18. The van der Waals surface area contributed by atoms with E-state index in [0.29, 0.717) is 13.2 Å². The Morgan fingerprint density at radius 1 is 0.742 bits per heavy atom. The summed E-state index contributed by atoms with van der Waals surface area (Å²) >= 11 is 0. The molecule has 0 saturated carbocycles. The normalized spacial score (nSPS) is 19.3. The molecule has 3 nitrogen and oxygen atoms in total. The number of hydrogen-bond acceptors (Lipinski definition) is 3. The van der Waals surface area contributed by atoms with Crippen LogP contribution in [0, 0.1) is 0 Å². The average molecular weight is 431 g/mol. The molecule has 176 valence electrons. The third-order valence-corrected chi connectivity index (χ3v) is 5.99. The van der Waals surface area contributed by atoms with E-state index in [2.05, 4.69) is 19.1 Å². The van der Waals surface area contributed by atoms with E-state index < -0.39 is 0 Å². The molecule has 0 radical (unpaired) electrons. The van der Waals surface area contributed by atoms with Crippen molar-refractivity contribution in [1.82, 2.24) is 0 Å². The quantitative estimate of drug-likeness (QED) is 0.221. The highest BCUT2D eigenvalue weighted by Crippen LogP contribution is 2.14. The molecule has 0 atom stereocenters. The topological polar surface area (TPSA) is 27.7 Å². The van der Waals surface area contributed by atoms with Gasteiger partial charge in [0.1, 0.15) is 6.10 Å². The van der Waals surface area contributed by atoms with Gasteiger partial charge in [-0.3, -0.25) is 0 Å². The average Bonchev–Trinajstić information content (AvgIpc) is 2.81. The van der Waals surface area contributed by atoms with Crippen LogP contribution in [-0.4, -0.2) is 32.2 Å². The molecule has 0 unspecified atom stereocenters. The summed E-state index contributed by atoms with van der Waals surface area (Å²) in [6.45, 7) is 4.33. The van der Waals surface area contributed by atoms with Crippen LogP contribution >= 0.6 is 0 Å². The highest BCUT2D eigenvalue weighted by atomic mass is 16.7. The second kappa shape index (κ2) is 18.4. The molecule has 0 N–H and O–H groups in total. The largest absolute Gasteiger partial charge is 0.373 e. The first-order valence-electron chi connectivity index (χ1n) is 13.0. The van der Waals surface area contributed by atoms with Crippen molar-refractivity contribution in [2.45, 2.75) is 109 Å².